The Morgan fingerprint density at radius 2 is 1.70 bits per heavy atom. The minimum absolute atomic E-state index is 0.147. The van der Waals surface area contributed by atoms with Crippen LogP contribution in [0.2, 0.25) is 5.02 Å². The molecule has 0 aromatic heterocycles. The molecule has 1 saturated heterocycles. The smallest absolute Gasteiger partial charge is 0.0815 e. The van der Waals surface area contributed by atoms with Crippen molar-refractivity contribution < 1.29 is 9.11 Å². The standard InChI is InChI=1S/C21H27ClN2O2S/c1-2-13-23-14-11-18(12-15-23)24-21(16-7-9-17(22)10-8-16)19-5-3-4-6-20(19)27(24,25)26/h3-10,18,21,25-26H,2,11-15H2,1H3. The molecule has 4 rings (SSSR count). The number of hydrogen-bond acceptors (Lipinski definition) is 4. The summed E-state index contributed by atoms with van der Waals surface area (Å²) in [5.74, 6) is 0. The van der Waals surface area contributed by atoms with Crippen LogP contribution in [0.5, 0.6) is 0 Å². The van der Waals surface area contributed by atoms with Crippen LogP contribution >= 0.6 is 22.4 Å². The van der Waals surface area contributed by atoms with E-state index in [1.54, 1.807) is 0 Å². The molecule has 2 aliphatic heterocycles. The SMILES string of the molecule is CCCN1CCC(N2C(c3ccc(Cl)cc3)c3ccccc3S2(O)O)CC1. The van der Waals surface area contributed by atoms with Gasteiger partial charge in [0.1, 0.15) is 0 Å². The number of rotatable bonds is 4. The van der Waals surface area contributed by atoms with Gasteiger partial charge in [-0.1, -0.05) is 48.9 Å². The molecule has 27 heavy (non-hydrogen) atoms. The van der Waals surface area contributed by atoms with E-state index >= 15 is 0 Å². The van der Waals surface area contributed by atoms with E-state index in [0.29, 0.717) is 9.92 Å². The number of hydrogen-bond donors (Lipinski definition) is 2. The van der Waals surface area contributed by atoms with Crippen LogP contribution in [-0.2, 0) is 0 Å². The van der Waals surface area contributed by atoms with Gasteiger partial charge in [-0.3, -0.25) is 9.11 Å². The minimum atomic E-state index is -3.00. The van der Waals surface area contributed by atoms with Gasteiger partial charge in [0.05, 0.1) is 10.9 Å². The molecule has 2 aromatic carbocycles. The minimum Gasteiger partial charge on any atom is -0.303 e. The van der Waals surface area contributed by atoms with Gasteiger partial charge in [0.25, 0.3) is 0 Å². The van der Waals surface area contributed by atoms with Crippen molar-refractivity contribution in [3.8, 4) is 0 Å². The molecular formula is C21H27ClN2O2S. The van der Waals surface area contributed by atoms with Crippen molar-refractivity contribution >= 4 is 22.4 Å². The van der Waals surface area contributed by atoms with Crippen molar-refractivity contribution in [3.05, 3.63) is 64.7 Å². The van der Waals surface area contributed by atoms with Crippen LogP contribution in [0.4, 0.5) is 0 Å². The summed E-state index contributed by atoms with van der Waals surface area (Å²) in [6, 6.07) is 15.5. The van der Waals surface area contributed by atoms with Crippen LogP contribution < -0.4 is 0 Å². The lowest BCUT2D eigenvalue weighted by atomic mass is 9.95. The molecule has 0 radical (unpaired) electrons. The third-order valence-electron chi connectivity index (χ3n) is 5.70. The Kier molecular flexibility index (Phi) is 5.52. The molecule has 146 valence electrons. The second-order valence-electron chi connectivity index (χ2n) is 7.44. The highest BCUT2D eigenvalue weighted by Gasteiger charge is 2.47. The maximum Gasteiger partial charge on any atom is 0.0815 e. The van der Waals surface area contributed by atoms with Gasteiger partial charge in [0, 0.05) is 11.1 Å². The maximum atomic E-state index is 11.2. The van der Waals surface area contributed by atoms with Gasteiger partial charge in [-0.15, -0.1) is 10.8 Å². The second-order valence-corrected chi connectivity index (χ2v) is 9.78. The second kappa shape index (κ2) is 7.74. The van der Waals surface area contributed by atoms with Gasteiger partial charge in [0.15, 0.2) is 0 Å². The molecule has 2 heterocycles. The third-order valence-corrected chi connectivity index (χ3v) is 8.01. The van der Waals surface area contributed by atoms with Crippen LogP contribution in [0.15, 0.2) is 53.4 Å². The van der Waals surface area contributed by atoms with Gasteiger partial charge in [0.2, 0.25) is 0 Å². The van der Waals surface area contributed by atoms with Gasteiger partial charge < -0.3 is 4.90 Å². The van der Waals surface area contributed by atoms with E-state index in [1.165, 1.54) is 0 Å². The normalized spacial score (nSPS) is 24.7. The van der Waals surface area contributed by atoms with Crippen molar-refractivity contribution in [2.24, 2.45) is 0 Å². The van der Waals surface area contributed by atoms with Crippen LogP contribution in [-0.4, -0.2) is 44.0 Å². The van der Waals surface area contributed by atoms with Crippen molar-refractivity contribution in [2.45, 2.75) is 43.2 Å². The molecule has 1 atom stereocenters. The Labute approximate surface area is 168 Å². The van der Waals surface area contributed by atoms with E-state index in [1.807, 2.05) is 52.8 Å². The monoisotopic (exact) mass is 406 g/mol. The van der Waals surface area contributed by atoms with Crippen LogP contribution in [0.25, 0.3) is 0 Å². The van der Waals surface area contributed by atoms with E-state index in [2.05, 4.69) is 11.8 Å². The first-order chi connectivity index (χ1) is 13.0. The predicted octanol–water partition coefficient (Wildman–Crippen LogP) is 5.64. The van der Waals surface area contributed by atoms with Crippen molar-refractivity contribution in [3.63, 3.8) is 0 Å². The van der Waals surface area contributed by atoms with E-state index < -0.39 is 10.8 Å². The largest absolute Gasteiger partial charge is 0.303 e. The van der Waals surface area contributed by atoms with E-state index in [-0.39, 0.29) is 12.1 Å². The maximum absolute atomic E-state index is 11.2. The fourth-order valence-corrected chi connectivity index (χ4v) is 6.72. The number of nitrogens with zero attached hydrogens (tertiary/aromatic N) is 2. The number of halogens is 1. The van der Waals surface area contributed by atoms with Crippen molar-refractivity contribution in [1.82, 2.24) is 9.21 Å². The highest BCUT2D eigenvalue weighted by molar-refractivity contribution is 8.22. The number of benzene rings is 2. The number of fused-ring (bicyclic) bond motifs is 1. The number of piperidine rings is 1. The lowest BCUT2D eigenvalue weighted by molar-refractivity contribution is 0.142. The number of likely N-dealkylation sites (tertiary alicyclic amines) is 1. The Hall–Kier alpha value is -1.08. The molecule has 0 amide bonds. The van der Waals surface area contributed by atoms with Gasteiger partial charge >= 0.3 is 0 Å². The van der Waals surface area contributed by atoms with Crippen LogP contribution in [0.3, 0.4) is 0 Å². The third kappa shape index (κ3) is 3.53. The van der Waals surface area contributed by atoms with Gasteiger partial charge in [-0.2, -0.15) is 4.31 Å². The van der Waals surface area contributed by atoms with E-state index in [0.717, 1.165) is 50.0 Å². The molecule has 1 unspecified atom stereocenters. The van der Waals surface area contributed by atoms with Crippen LogP contribution in [0.1, 0.15) is 43.4 Å². The fourth-order valence-electron chi connectivity index (χ4n) is 4.46. The summed E-state index contributed by atoms with van der Waals surface area (Å²) in [7, 11) is -3.00. The van der Waals surface area contributed by atoms with Gasteiger partial charge in [-0.05, 0) is 68.2 Å². The zero-order valence-corrected chi connectivity index (χ0v) is 17.2. The summed E-state index contributed by atoms with van der Waals surface area (Å²) in [5.41, 5.74) is 2.05. The Morgan fingerprint density at radius 1 is 1.04 bits per heavy atom. The molecule has 6 heteroatoms. The molecule has 0 aliphatic carbocycles. The van der Waals surface area contributed by atoms with E-state index in [9.17, 15) is 9.11 Å². The first-order valence-electron chi connectivity index (χ1n) is 9.66. The zero-order chi connectivity index (χ0) is 19.0. The van der Waals surface area contributed by atoms with E-state index in [4.69, 9.17) is 11.6 Å². The van der Waals surface area contributed by atoms with Crippen LogP contribution in [0, 0.1) is 0 Å². The zero-order valence-electron chi connectivity index (χ0n) is 15.6. The predicted molar refractivity (Wildman–Crippen MR) is 112 cm³/mol. The lowest BCUT2D eigenvalue weighted by Crippen LogP contribution is -2.45. The van der Waals surface area contributed by atoms with Crippen molar-refractivity contribution in [1.29, 1.82) is 0 Å². The highest BCUT2D eigenvalue weighted by Crippen LogP contribution is 2.66. The van der Waals surface area contributed by atoms with Crippen molar-refractivity contribution in [2.75, 3.05) is 19.6 Å². The summed E-state index contributed by atoms with van der Waals surface area (Å²) in [5, 5.41) is 0.691. The molecule has 0 bridgehead atoms. The summed E-state index contributed by atoms with van der Waals surface area (Å²) in [6.07, 6.45) is 3.06. The summed E-state index contributed by atoms with van der Waals surface area (Å²) < 4.78 is 24.5. The average molecular weight is 407 g/mol. The quantitative estimate of drug-likeness (QED) is 0.689. The molecule has 0 spiro atoms. The molecule has 2 aliphatic rings. The molecular weight excluding hydrogens is 380 g/mol. The summed E-state index contributed by atoms with van der Waals surface area (Å²) in [4.78, 5) is 3.14. The van der Waals surface area contributed by atoms with Gasteiger partial charge in [-0.25, -0.2) is 0 Å². The molecule has 0 saturated carbocycles. The lowest BCUT2D eigenvalue weighted by Gasteiger charge is -2.47. The first-order valence-corrected chi connectivity index (χ1v) is 11.5. The molecule has 2 N–H and O–H groups in total. The topological polar surface area (TPSA) is 46.9 Å². The summed E-state index contributed by atoms with van der Waals surface area (Å²) in [6.45, 7) is 5.34. The fraction of sp³-hybridized carbons (Fsp3) is 0.429. The Bertz CT molecular complexity index is 791. The Balaban J connectivity index is 1.71. The molecule has 1 fully saturated rings. The Morgan fingerprint density at radius 3 is 2.37 bits per heavy atom. The highest BCUT2D eigenvalue weighted by atomic mass is 35.5. The average Bonchev–Trinajstić information content (AvgIpc) is 2.91. The molecule has 2 aromatic rings. The first kappa shape index (κ1) is 19.2. The molecule has 4 nitrogen and oxygen atoms in total. The summed E-state index contributed by atoms with van der Waals surface area (Å²) >= 11 is 6.09.